The Morgan fingerprint density at radius 1 is 1.00 bits per heavy atom. The molecule has 0 aromatic heterocycles. The maximum atomic E-state index is 12.6. The highest BCUT2D eigenvalue weighted by molar-refractivity contribution is 6.09. The highest BCUT2D eigenvalue weighted by Crippen LogP contribution is 2.17. The number of nitrogens with two attached hydrogens (primary N) is 1. The number of nitrogens with one attached hydrogen (secondary N) is 2. The van der Waals surface area contributed by atoms with Gasteiger partial charge in [-0.1, -0.05) is 50.1 Å². The van der Waals surface area contributed by atoms with Crippen molar-refractivity contribution in [3.63, 3.8) is 0 Å². The number of carbonyl (C=O) groups excluding carboxylic acids is 2. The number of para-hydroxylation sites is 1. The molecular weight excluding hydrogens is 314 g/mol. The van der Waals surface area contributed by atoms with Crippen LogP contribution in [0.1, 0.15) is 46.9 Å². The minimum absolute atomic E-state index is 0.0645. The molecule has 2 aromatic rings. The molecule has 5 nitrogen and oxygen atoms in total. The van der Waals surface area contributed by atoms with Crippen LogP contribution in [0.5, 0.6) is 0 Å². The van der Waals surface area contributed by atoms with Crippen LogP contribution in [0.4, 0.5) is 5.69 Å². The second-order valence-electron chi connectivity index (χ2n) is 5.91. The third-order valence-corrected chi connectivity index (χ3v) is 3.98. The van der Waals surface area contributed by atoms with Crippen molar-refractivity contribution < 1.29 is 9.59 Å². The first-order valence-electron chi connectivity index (χ1n) is 8.62. The molecule has 0 bridgehead atoms. The number of unbranched alkanes of at least 4 members (excludes halogenated alkanes) is 1. The van der Waals surface area contributed by atoms with Crippen LogP contribution in [0, 0.1) is 0 Å². The third-order valence-electron chi connectivity index (χ3n) is 3.98. The maximum Gasteiger partial charge on any atom is 0.255 e. The van der Waals surface area contributed by atoms with E-state index in [9.17, 15) is 9.59 Å². The summed E-state index contributed by atoms with van der Waals surface area (Å²) in [5.74, 6) is -0.474. The zero-order valence-electron chi connectivity index (χ0n) is 14.5. The summed E-state index contributed by atoms with van der Waals surface area (Å²) in [6.45, 7) is 2.49. The lowest BCUT2D eigenvalue weighted by molar-refractivity contribution is 0.0936. The van der Waals surface area contributed by atoms with Crippen LogP contribution in [0.3, 0.4) is 0 Å². The van der Waals surface area contributed by atoms with Gasteiger partial charge in [0.05, 0.1) is 11.3 Å². The quantitative estimate of drug-likeness (QED) is 0.690. The van der Waals surface area contributed by atoms with Gasteiger partial charge >= 0.3 is 0 Å². The molecule has 1 unspecified atom stereocenters. The van der Waals surface area contributed by atoms with Crippen LogP contribution in [0.25, 0.3) is 0 Å². The summed E-state index contributed by atoms with van der Waals surface area (Å²) in [7, 11) is 0. The third kappa shape index (κ3) is 5.43. The smallest absolute Gasteiger partial charge is 0.255 e. The first-order valence-corrected chi connectivity index (χ1v) is 8.62. The number of hydrogen-bond donors (Lipinski definition) is 3. The molecule has 5 heteroatoms. The molecule has 0 aliphatic carbocycles. The summed E-state index contributed by atoms with van der Waals surface area (Å²) < 4.78 is 0. The van der Waals surface area contributed by atoms with Gasteiger partial charge in [0.15, 0.2) is 0 Å². The molecule has 0 aliphatic rings. The molecule has 0 spiro atoms. The van der Waals surface area contributed by atoms with E-state index in [0.29, 0.717) is 23.4 Å². The fourth-order valence-corrected chi connectivity index (χ4v) is 2.54. The van der Waals surface area contributed by atoms with Gasteiger partial charge in [-0.3, -0.25) is 9.59 Å². The highest BCUT2D eigenvalue weighted by atomic mass is 16.2. The van der Waals surface area contributed by atoms with Gasteiger partial charge < -0.3 is 16.4 Å². The standard InChI is InChI=1S/C20H25N3O2/c1-2-3-11-16(14-21)22-20(25)17-12-7-8-13-18(17)23-19(24)15-9-5-4-6-10-15/h4-10,12-13,16H,2-3,11,14,21H2,1H3,(H,22,25)(H,23,24). The summed E-state index contributed by atoms with van der Waals surface area (Å²) in [5.41, 5.74) is 7.21. The maximum absolute atomic E-state index is 12.6. The van der Waals surface area contributed by atoms with E-state index in [4.69, 9.17) is 5.73 Å². The van der Waals surface area contributed by atoms with Gasteiger partial charge in [0.25, 0.3) is 11.8 Å². The van der Waals surface area contributed by atoms with Crippen molar-refractivity contribution in [3.05, 3.63) is 65.7 Å². The van der Waals surface area contributed by atoms with E-state index in [1.807, 2.05) is 6.07 Å². The predicted octanol–water partition coefficient (Wildman–Crippen LogP) is 3.19. The van der Waals surface area contributed by atoms with Gasteiger partial charge in [-0.2, -0.15) is 0 Å². The molecule has 2 amide bonds. The molecule has 132 valence electrons. The minimum Gasteiger partial charge on any atom is -0.348 e. The predicted molar refractivity (Wildman–Crippen MR) is 101 cm³/mol. The van der Waals surface area contributed by atoms with E-state index < -0.39 is 0 Å². The Bertz CT molecular complexity index is 701. The molecule has 0 heterocycles. The summed E-state index contributed by atoms with van der Waals surface area (Å²) >= 11 is 0. The van der Waals surface area contributed by atoms with E-state index in [-0.39, 0.29) is 17.9 Å². The van der Waals surface area contributed by atoms with Crippen LogP contribution in [0.15, 0.2) is 54.6 Å². The van der Waals surface area contributed by atoms with Crippen molar-refractivity contribution in [1.82, 2.24) is 5.32 Å². The SMILES string of the molecule is CCCCC(CN)NC(=O)c1ccccc1NC(=O)c1ccccc1. The highest BCUT2D eigenvalue weighted by Gasteiger charge is 2.16. The van der Waals surface area contributed by atoms with E-state index in [1.54, 1.807) is 48.5 Å². The van der Waals surface area contributed by atoms with Gasteiger partial charge in [0.2, 0.25) is 0 Å². The zero-order chi connectivity index (χ0) is 18.1. The molecule has 0 saturated carbocycles. The van der Waals surface area contributed by atoms with Crippen LogP contribution >= 0.6 is 0 Å². The molecule has 2 rings (SSSR count). The Balaban J connectivity index is 2.11. The second kappa shape index (κ2) is 9.59. The normalized spacial score (nSPS) is 11.6. The summed E-state index contributed by atoms with van der Waals surface area (Å²) in [6.07, 6.45) is 2.90. The first-order chi connectivity index (χ1) is 12.2. The van der Waals surface area contributed by atoms with Gasteiger partial charge in [-0.05, 0) is 30.7 Å². The van der Waals surface area contributed by atoms with Crippen LogP contribution in [0.2, 0.25) is 0 Å². The van der Waals surface area contributed by atoms with Crippen LogP contribution < -0.4 is 16.4 Å². The fourth-order valence-electron chi connectivity index (χ4n) is 2.54. The molecule has 0 fully saturated rings. The van der Waals surface area contributed by atoms with Crippen molar-refractivity contribution >= 4 is 17.5 Å². The van der Waals surface area contributed by atoms with E-state index in [2.05, 4.69) is 17.6 Å². The van der Waals surface area contributed by atoms with Gasteiger partial charge in [-0.25, -0.2) is 0 Å². The molecule has 0 aliphatic heterocycles. The Kier molecular flexibility index (Phi) is 7.16. The minimum atomic E-state index is -0.248. The van der Waals surface area contributed by atoms with E-state index in [0.717, 1.165) is 19.3 Å². The summed E-state index contributed by atoms with van der Waals surface area (Å²) in [4.78, 5) is 24.9. The lowest BCUT2D eigenvalue weighted by Crippen LogP contribution is -2.40. The fraction of sp³-hybridized carbons (Fsp3) is 0.300. The molecular formula is C20H25N3O2. The van der Waals surface area contributed by atoms with Crippen LogP contribution in [-0.2, 0) is 0 Å². The van der Waals surface area contributed by atoms with E-state index in [1.165, 1.54) is 0 Å². The lowest BCUT2D eigenvalue weighted by atomic mass is 10.1. The van der Waals surface area contributed by atoms with Crippen molar-refractivity contribution in [3.8, 4) is 0 Å². The molecule has 0 saturated heterocycles. The second-order valence-corrected chi connectivity index (χ2v) is 5.91. The van der Waals surface area contributed by atoms with Crippen LogP contribution in [-0.4, -0.2) is 24.4 Å². The number of anilines is 1. The average Bonchev–Trinajstić information content (AvgIpc) is 2.66. The van der Waals surface area contributed by atoms with Gasteiger partial charge in [-0.15, -0.1) is 0 Å². The average molecular weight is 339 g/mol. The Morgan fingerprint density at radius 3 is 2.36 bits per heavy atom. The molecule has 1 atom stereocenters. The summed E-state index contributed by atoms with van der Waals surface area (Å²) in [5, 5.41) is 5.77. The summed E-state index contributed by atoms with van der Waals surface area (Å²) in [6, 6.07) is 15.8. The Labute approximate surface area is 148 Å². The van der Waals surface area contributed by atoms with Gasteiger partial charge in [0.1, 0.15) is 0 Å². The topological polar surface area (TPSA) is 84.2 Å². The Morgan fingerprint density at radius 2 is 1.68 bits per heavy atom. The zero-order valence-corrected chi connectivity index (χ0v) is 14.5. The molecule has 0 radical (unpaired) electrons. The van der Waals surface area contributed by atoms with Crippen molar-refractivity contribution in [2.45, 2.75) is 32.2 Å². The van der Waals surface area contributed by atoms with Crippen molar-refractivity contribution in [1.29, 1.82) is 0 Å². The number of carbonyl (C=O) groups is 2. The first kappa shape index (κ1) is 18.7. The largest absolute Gasteiger partial charge is 0.348 e. The monoisotopic (exact) mass is 339 g/mol. The Hall–Kier alpha value is -2.66. The van der Waals surface area contributed by atoms with Gasteiger partial charge in [0, 0.05) is 18.2 Å². The number of amides is 2. The number of hydrogen-bond acceptors (Lipinski definition) is 3. The molecule has 25 heavy (non-hydrogen) atoms. The van der Waals surface area contributed by atoms with E-state index >= 15 is 0 Å². The number of benzene rings is 2. The molecule has 4 N–H and O–H groups in total. The molecule has 2 aromatic carbocycles. The van der Waals surface area contributed by atoms with Crippen molar-refractivity contribution in [2.75, 3.05) is 11.9 Å². The number of rotatable bonds is 8. The lowest BCUT2D eigenvalue weighted by Gasteiger charge is -2.18. The van der Waals surface area contributed by atoms with Crippen molar-refractivity contribution in [2.24, 2.45) is 5.73 Å².